The molecule has 1 amide bonds. The molecular formula is C19H20N4O3S. The molecule has 8 heteroatoms. The van der Waals surface area contributed by atoms with Crippen LogP contribution in [0.1, 0.15) is 10.6 Å². The SMILES string of the molecule is Cc1ccc(-c2nn(CC(=O)N3CCOCC3)c(=O)c3nc(C)sc23)cc1. The normalized spacial score (nSPS) is 14.7. The summed E-state index contributed by atoms with van der Waals surface area (Å²) in [6.45, 7) is 5.91. The fraction of sp³-hybridized carbons (Fsp3) is 0.368. The maximum Gasteiger partial charge on any atom is 0.294 e. The molecule has 1 aliphatic rings. The van der Waals surface area contributed by atoms with Crippen LogP contribution >= 0.6 is 11.3 Å². The Balaban J connectivity index is 1.78. The van der Waals surface area contributed by atoms with Gasteiger partial charge in [0.1, 0.15) is 12.2 Å². The van der Waals surface area contributed by atoms with Crippen molar-refractivity contribution < 1.29 is 9.53 Å². The van der Waals surface area contributed by atoms with E-state index in [2.05, 4.69) is 10.1 Å². The molecule has 27 heavy (non-hydrogen) atoms. The van der Waals surface area contributed by atoms with E-state index in [0.717, 1.165) is 20.8 Å². The van der Waals surface area contributed by atoms with Crippen molar-refractivity contribution in [2.24, 2.45) is 0 Å². The highest BCUT2D eigenvalue weighted by Gasteiger charge is 2.21. The Morgan fingerprint density at radius 2 is 1.89 bits per heavy atom. The van der Waals surface area contributed by atoms with Gasteiger partial charge in [0.2, 0.25) is 5.91 Å². The molecule has 1 aliphatic heterocycles. The van der Waals surface area contributed by atoms with Gasteiger partial charge in [0.25, 0.3) is 5.56 Å². The van der Waals surface area contributed by atoms with Crippen LogP contribution in [0.2, 0.25) is 0 Å². The molecule has 0 saturated carbocycles. The summed E-state index contributed by atoms with van der Waals surface area (Å²) in [5.74, 6) is -0.131. The molecule has 0 atom stereocenters. The van der Waals surface area contributed by atoms with Gasteiger partial charge in [-0.05, 0) is 13.8 Å². The fourth-order valence-electron chi connectivity index (χ4n) is 3.11. The van der Waals surface area contributed by atoms with E-state index in [-0.39, 0.29) is 18.0 Å². The Labute approximate surface area is 160 Å². The van der Waals surface area contributed by atoms with Crippen molar-refractivity contribution in [3.8, 4) is 11.3 Å². The van der Waals surface area contributed by atoms with Crippen molar-refractivity contribution in [1.29, 1.82) is 0 Å². The van der Waals surface area contributed by atoms with Crippen LogP contribution in [-0.2, 0) is 16.1 Å². The van der Waals surface area contributed by atoms with E-state index in [0.29, 0.717) is 37.5 Å². The van der Waals surface area contributed by atoms with E-state index in [1.807, 2.05) is 38.1 Å². The fourth-order valence-corrected chi connectivity index (χ4v) is 4.03. The van der Waals surface area contributed by atoms with Gasteiger partial charge in [-0.15, -0.1) is 11.3 Å². The number of nitrogens with zero attached hydrogens (tertiary/aromatic N) is 4. The minimum Gasteiger partial charge on any atom is -0.378 e. The number of rotatable bonds is 3. The number of ether oxygens (including phenoxy) is 1. The average molecular weight is 384 g/mol. The molecule has 0 spiro atoms. The molecular weight excluding hydrogens is 364 g/mol. The number of fused-ring (bicyclic) bond motifs is 1. The number of amides is 1. The lowest BCUT2D eigenvalue weighted by Gasteiger charge is -2.26. The van der Waals surface area contributed by atoms with Crippen molar-refractivity contribution in [2.75, 3.05) is 26.3 Å². The first-order valence-corrected chi connectivity index (χ1v) is 9.65. The van der Waals surface area contributed by atoms with E-state index < -0.39 is 0 Å². The van der Waals surface area contributed by atoms with E-state index in [1.165, 1.54) is 16.0 Å². The number of carbonyl (C=O) groups is 1. The van der Waals surface area contributed by atoms with Gasteiger partial charge in [-0.2, -0.15) is 5.10 Å². The van der Waals surface area contributed by atoms with Crippen molar-refractivity contribution in [1.82, 2.24) is 19.7 Å². The second-order valence-electron chi connectivity index (χ2n) is 6.58. The van der Waals surface area contributed by atoms with Crippen LogP contribution in [0.25, 0.3) is 21.5 Å². The van der Waals surface area contributed by atoms with Crippen LogP contribution in [0, 0.1) is 13.8 Å². The molecule has 1 fully saturated rings. The third kappa shape index (κ3) is 3.50. The summed E-state index contributed by atoms with van der Waals surface area (Å²) in [6, 6.07) is 7.96. The standard InChI is InChI=1S/C19H20N4O3S/c1-12-3-5-14(6-4-12)16-18-17(20-13(2)27-18)19(25)23(21-16)11-15(24)22-7-9-26-10-8-22/h3-6H,7-11H2,1-2H3. The highest BCUT2D eigenvalue weighted by atomic mass is 32.1. The molecule has 0 aliphatic carbocycles. The Morgan fingerprint density at radius 1 is 1.19 bits per heavy atom. The molecule has 4 rings (SSSR count). The van der Waals surface area contributed by atoms with E-state index in [9.17, 15) is 9.59 Å². The number of carbonyl (C=O) groups excluding carboxylic acids is 1. The summed E-state index contributed by atoms with van der Waals surface area (Å²) in [4.78, 5) is 31.6. The number of hydrogen-bond acceptors (Lipinski definition) is 6. The first-order chi connectivity index (χ1) is 13.0. The Bertz CT molecular complexity index is 1050. The van der Waals surface area contributed by atoms with Crippen LogP contribution in [0.15, 0.2) is 29.1 Å². The monoisotopic (exact) mass is 384 g/mol. The number of hydrogen-bond donors (Lipinski definition) is 0. The molecule has 1 aromatic carbocycles. The molecule has 1 saturated heterocycles. The second kappa shape index (κ2) is 7.21. The predicted octanol–water partition coefficient (Wildman–Crippen LogP) is 2.00. The lowest BCUT2D eigenvalue weighted by atomic mass is 10.1. The Kier molecular flexibility index (Phi) is 4.75. The summed E-state index contributed by atoms with van der Waals surface area (Å²) in [5.41, 5.74) is 2.78. The molecule has 3 heterocycles. The van der Waals surface area contributed by atoms with Gasteiger partial charge in [-0.3, -0.25) is 9.59 Å². The highest BCUT2D eigenvalue weighted by Crippen LogP contribution is 2.29. The molecule has 0 unspecified atom stereocenters. The summed E-state index contributed by atoms with van der Waals surface area (Å²) in [5, 5.41) is 5.34. The maximum absolute atomic E-state index is 12.8. The predicted molar refractivity (Wildman–Crippen MR) is 104 cm³/mol. The number of aryl methyl sites for hydroxylation is 2. The van der Waals surface area contributed by atoms with Crippen LogP contribution in [0.4, 0.5) is 0 Å². The second-order valence-corrected chi connectivity index (χ2v) is 7.78. The van der Waals surface area contributed by atoms with E-state index in [1.54, 1.807) is 4.90 Å². The van der Waals surface area contributed by atoms with Gasteiger partial charge in [-0.25, -0.2) is 9.67 Å². The largest absolute Gasteiger partial charge is 0.378 e. The van der Waals surface area contributed by atoms with Crippen LogP contribution in [0.5, 0.6) is 0 Å². The van der Waals surface area contributed by atoms with Gasteiger partial charge in [0.05, 0.1) is 22.9 Å². The Morgan fingerprint density at radius 3 is 2.59 bits per heavy atom. The zero-order valence-electron chi connectivity index (χ0n) is 15.3. The zero-order chi connectivity index (χ0) is 19.0. The summed E-state index contributed by atoms with van der Waals surface area (Å²) >= 11 is 1.45. The van der Waals surface area contributed by atoms with E-state index in [4.69, 9.17) is 4.74 Å². The van der Waals surface area contributed by atoms with Gasteiger partial charge in [0, 0.05) is 18.7 Å². The number of morpholine rings is 1. The van der Waals surface area contributed by atoms with Crippen molar-refractivity contribution in [2.45, 2.75) is 20.4 Å². The van der Waals surface area contributed by atoms with Crippen molar-refractivity contribution in [3.05, 3.63) is 45.2 Å². The van der Waals surface area contributed by atoms with Crippen molar-refractivity contribution in [3.63, 3.8) is 0 Å². The van der Waals surface area contributed by atoms with E-state index >= 15 is 0 Å². The summed E-state index contributed by atoms with van der Waals surface area (Å²) in [7, 11) is 0. The Hall–Kier alpha value is -2.58. The van der Waals surface area contributed by atoms with Crippen LogP contribution < -0.4 is 5.56 Å². The average Bonchev–Trinajstić information content (AvgIpc) is 3.07. The number of aromatic nitrogens is 3. The van der Waals surface area contributed by atoms with Gasteiger partial charge in [-0.1, -0.05) is 29.8 Å². The van der Waals surface area contributed by atoms with Gasteiger partial charge < -0.3 is 9.64 Å². The molecule has 3 aromatic rings. The van der Waals surface area contributed by atoms with Crippen LogP contribution in [-0.4, -0.2) is 51.9 Å². The van der Waals surface area contributed by atoms with Crippen LogP contribution in [0.3, 0.4) is 0 Å². The summed E-state index contributed by atoms with van der Waals surface area (Å²) < 4.78 is 7.29. The maximum atomic E-state index is 12.8. The third-order valence-electron chi connectivity index (χ3n) is 4.58. The molecule has 0 N–H and O–H groups in total. The van der Waals surface area contributed by atoms with Gasteiger partial charge in [0.15, 0.2) is 5.52 Å². The smallest absolute Gasteiger partial charge is 0.294 e. The summed E-state index contributed by atoms with van der Waals surface area (Å²) in [6.07, 6.45) is 0. The lowest BCUT2D eigenvalue weighted by molar-refractivity contribution is -0.136. The minimum absolute atomic E-state index is 0.0930. The molecule has 0 bridgehead atoms. The topological polar surface area (TPSA) is 77.3 Å². The third-order valence-corrected chi connectivity index (χ3v) is 5.56. The van der Waals surface area contributed by atoms with Crippen molar-refractivity contribution >= 4 is 27.5 Å². The first-order valence-electron chi connectivity index (χ1n) is 8.84. The highest BCUT2D eigenvalue weighted by molar-refractivity contribution is 7.19. The molecule has 140 valence electrons. The number of thiazole rings is 1. The molecule has 0 radical (unpaired) electrons. The lowest BCUT2D eigenvalue weighted by Crippen LogP contribution is -2.43. The number of benzene rings is 1. The molecule has 7 nitrogen and oxygen atoms in total. The zero-order valence-corrected chi connectivity index (χ0v) is 16.1. The minimum atomic E-state index is -0.327. The first kappa shape index (κ1) is 17.8. The quantitative estimate of drug-likeness (QED) is 0.690. The molecule has 2 aromatic heterocycles. The van der Waals surface area contributed by atoms with Gasteiger partial charge >= 0.3 is 0 Å².